The number of phenolic OH excluding ortho intramolecular Hbond substituents is 1. The maximum Gasteiger partial charge on any atom is 0.333 e. The van der Waals surface area contributed by atoms with Gasteiger partial charge in [-0.3, -0.25) is 0 Å². The average molecular weight is 282 g/mol. The monoisotopic (exact) mass is 282 g/mol. The molecule has 0 radical (unpaired) electrons. The van der Waals surface area contributed by atoms with E-state index in [9.17, 15) is 9.90 Å². The van der Waals surface area contributed by atoms with Crippen LogP contribution in [0.25, 0.3) is 10.8 Å². The van der Waals surface area contributed by atoms with Gasteiger partial charge in [-0.2, -0.15) is 0 Å². The number of fused-ring (bicyclic) bond motifs is 3. The molecule has 1 aliphatic rings. The van der Waals surface area contributed by atoms with Crippen molar-refractivity contribution in [2.24, 2.45) is 0 Å². The number of phenols is 1. The number of benzene rings is 2. The standard InChI is InChI=1S/C18H18O3/c1-10(2)21-18(20)11(3)8-14-16-13-7-5-4-6-12(13)9-15(19)17(14)16/h4-7,9-10,14,19H,3,8H2,1-2H3. The van der Waals surface area contributed by atoms with E-state index in [0.717, 1.165) is 21.9 Å². The first kappa shape index (κ1) is 13.7. The predicted molar refractivity (Wildman–Crippen MR) is 82.4 cm³/mol. The van der Waals surface area contributed by atoms with E-state index >= 15 is 0 Å². The quantitative estimate of drug-likeness (QED) is 0.683. The van der Waals surface area contributed by atoms with Gasteiger partial charge in [0.2, 0.25) is 0 Å². The molecule has 1 atom stereocenters. The molecule has 1 aliphatic carbocycles. The zero-order valence-electron chi connectivity index (χ0n) is 12.2. The highest BCUT2D eigenvalue weighted by Crippen LogP contribution is 2.55. The number of ether oxygens (including phenoxy) is 1. The fourth-order valence-electron chi connectivity index (χ4n) is 2.84. The van der Waals surface area contributed by atoms with Gasteiger partial charge in [0.25, 0.3) is 0 Å². The minimum atomic E-state index is -0.355. The van der Waals surface area contributed by atoms with Crippen molar-refractivity contribution in [2.75, 3.05) is 0 Å². The zero-order valence-corrected chi connectivity index (χ0v) is 12.2. The molecular weight excluding hydrogens is 264 g/mol. The van der Waals surface area contributed by atoms with Gasteiger partial charge < -0.3 is 9.84 Å². The van der Waals surface area contributed by atoms with Crippen molar-refractivity contribution in [3.8, 4) is 5.75 Å². The van der Waals surface area contributed by atoms with Crippen LogP contribution in [0.4, 0.5) is 0 Å². The van der Waals surface area contributed by atoms with Gasteiger partial charge >= 0.3 is 5.97 Å². The number of carbonyl (C=O) groups is 1. The van der Waals surface area contributed by atoms with Crippen LogP contribution in [0.1, 0.15) is 37.3 Å². The molecule has 2 aromatic carbocycles. The first-order valence-electron chi connectivity index (χ1n) is 7.12. The summed E-state index contributed by atoms with van der Waals surface area (Å²) in [7, 11) is 0. The highest BCUT2D eigenvalue weighted by molar-refractivity contribution is 5.95. The molecule has 0 amide bonds. The third-order valence-electron chi connectivity index (χ3n) is 3.80. The Labute approximate surface area is 123 Å². The van der Waals surface area contributed by atoms with Crippen LogP contribution in [-0.2, 0) is 9.53 Å². The summed E-state index contributed by atoms with van der Waals surface area (Å²) in [5, 5.41) is 12.3. The van der Waals surface area contributed by atoms with E-state index in [-0.39, 0.29) is 18.0 Å². The second-order valence-corrected chi connectivity index (χ2v) is 5.76. The Kier molecular flexibility index (Phi) is 3.20. The maximum absolute atomic E-state index is 11.8. The lowest BCUT2D eigenvalue weighted by molar-refractivity contribution is -0.142. The minimum Gasteiger partial charge on any atom is -0.508 e. The third-order valence-corrected chi connectivity index (χ3v) is 3.80. The van der Waals surface area contributed by atoms with Crippen molar-refractivity contribution >= 4 is 16.7 Å². The number of hydrogen-bond acceptors (Lipinski definition) is 3. The van der Waals surface area contributed by atoms with Gasteiger partial charge in [-0.05, 0) is 42.7 Å². The lowest BCUT2D eigenvalue weighted by Crippen LogP contribution is -2.13. The van der Waals surface area contributed by atoms with Crippen molar-refractivity contribution in [2.45, 2.75) is 32.3 Å². The minimum absolute atomic E-state index is 0.0807. The number of aromatic hydroxyl groups is 1. The molecule has 0 saturated heterocycles. The van der Waals surface area contributed by atoms with E-state index in [0.29, 0.717) is 17.7 Å². The molecule has 0 spiro atoms. The highest BCUT2D eigenvalue weighted by Gasteiger charge is 2.39. The predicted octanol–water partition coefficient (Wildman–Crippen LogP) is 3.89. The van der Waals surface area contributed by atoms with E-state index in [2.05, 4.69) is 6.58 Å². The normalized spacial score (nSPS) is 15.9. The Hall–Kier alpha value is -2.29. The second kappa shape index (κ2) is 4.92. The summed E-state index contributed by atoms with van der Waals surface area (Å²) in [4.78, 5) is 11.8. The van der Waals surface area contributed by atoms with Gasteiger partial charge in [0.15, 0.2) is 0 Å². The van der Waals surface area contributed by atoms with Gasteiger partial charge in [0.1, 0.15) is 5.75 Å². The average Bonchev–Trinajstić information content (AvgIpc) is 3.13. The smallest absolute Gasteiger partial charge is 0.333 e. The van der Waals surface area contributed by atoms with E-state index < -0.39 is 0 Å². The summed E-state index contributed by atoms with van der Waals surface area (Å²) in [5.74, 6) is 0.0300. The van der Waals surface area contributed by atoms with Crippen LogP contribution in [0.5, 0.6) is 5.75 Å². The van der Waals surface area contributed by atoms with Crippen LogP contribution in [0, 0.1) is 0 Å². The Morgan fingerprint density at radius 3 is 2.76 bits per heavy atom. The molecule has 0 aliphatic heterocycles. The molecule has 0 aromatic heterocycles. The van der Waals surface area contributed by atoms with E-state index in [1.54, 1.807) is 6.07 Å². The molecule has 108 valence electrons. The van der Waals surface area contributed by atoms with Crippen LogP contribution >= 0.6 is 0 Å². The molecule has 0 bridgehead atoms. The van der Waals surface area contributed by atoms with Crippen LogP contribution in [0.2, 0.25) is 0 Å². The molecule has 21 heavy (non-hydrogen) atoms. The van der Waals surface area contributed by atoms with Crippen molar-refractivity contribution in [1.29, 1.82) is 0 Å². The van der Waals surface area contributed by atoms with E-state index in [4.69, 9.17) is 4.74 Å². The lowest BCUT2D eigenvalue weighted by Gasteiger charge is -2.09. The largest absolute Gasteiger partial charge is 0.508 e. The van der Waals surface area contributed by atoms with Crippen molar-refractivity contribution in [3.05, 3.63) is 53.6 Å². The summed E-state index contributed by atoms with van der Waals surface area (Å²) < 4.78 is 5.16. The molecule has 3 rings (SSSR count). The number of esters is 1. The SMILES string of the molecule is C=C(CC1c2c(O)cc3ccccc3c21)C(=O)OC(C)C. The molecular formula is C18H18O3. The fraction of sp³-hybridized carbons (Fsp3) is 0.278. The Balaban J connectivity index is 1.82. The maximum atomic E-state index is 11.8. The molecule has 2 aromatic rings. The molecule has 1 N–H and O–H groups in total. The van der Waals surface area contributed by atoms with Crippen molar-refractivity contribution in [3.63, 3.8) is 0 Å². The Bertz CT molecular complexity index is 743. The first-order valence-corrected chi connectivity index (χ1v) is 7.12. The molecule has 0 fully saturated rings. The van der Waals surface area contributed by atoms with Crippen LogP contribution < -0.4 is 0 Å². The summed E-state index contributed by atoms with van der Waals surface area (Å²) in [6, 6.07) is 9.74. The fourth-order valence-corrected chi connectivity index (χ4v) is 2.84. The number of carbonyl (C=O) groups excluding carboxylic acids is 1. The molecule has 1 unspecified atom stereocenters. The summed E-state index contributed by atoms with van der Waals surface area (Å²) >= 11 is 0. The van der Waals surface area contributed by atoms with Crippen LogP contribution in [-0.4, -0.2) is 17.2 Å². The van der Waals surface area contributed by atoms with Gasteiger partial charge in [0.05, 0.1) is 6.10 Å². The lowest BCUT2D eigenvalue weighted by atomic mass is 10.1. The van der Waals surface area contributed by atoms with Crippen LogP contribution in [0.3, 0.4) is 0 Å². The summed E-state index contributed by atoms with van der Waals surface area (Å²) in [5.41, 5.74) is 2.52. The van der Waals surface area contributed by atoms with Crippen molar-refractivity contribution < 1.29 is 14.6 Å². The Morgan fingerprint density at radius 1 is 1.33 bits per heavy atom. The molecule has 3 heteroatoms. The molecule has 0 saturated carbocycles. The molecule has 3 nitrogen and oxygen atoms in total. The zero-order chi connectivity index (χ0) is 15.1. The van der Waals surface area contributed by atoms with Gasteiger partial charge in [0, 0.05) is 17.1 Å². The van der Waals surface area contributed by atoms with E-state index in [1.807, 2.05) is 38.1 Å². The number of rotatable bonds is 4. The number of hydrogen-bond donors (Lipinski definition) is 1. The van der Waals surface area contributed by atoms with Gasteiger partial charge in [-0.15, -0.1) is 0 Å². The van der Waals surface area contributed by atoms with Gasteiger partial charge in [-0.1, -0.05) is 30.8 Å². The van der Waals surface area contributed by atoms with Crippen molar-refractivity contribution in [1.82, 2.24) is 0 Å². The third kappa shape index (κ3) is 2.40. The Morgan fingerprint density at radius 2 is 2.05 bits per heavy atom. The topological polar surface area (TPSA) is 46.5 Å². The summed E-state index contributed by atoms with van der Waals surface area (Å²) in [6.07, 6.45) is 0.354. The highest BCUT2D eigenvalue weighted by atomic mass is 16.5. The molecule has 0 heterocycles. The second-order valence-electron chi connectivity index (χ2n) is 5.76. The van der Waals surface area contributed by atoms with E-state index in [1.165, 1.54) is 0 Å². The summed E-state index contributed by atoms with van der Waals surface area (Å²) in [6.45, 7) is 7.46. The van der Waals surface area contributed by atoms with Gasteiger partial charge in [-0.25, -0.2) is 4.79 Å². The van der Waals surface area contributed by atoms with Crippen LogP contribution in [0.15, 0.2) is 42.5 Å². The first-order chi connectivity index (χ1) is 9.99.